The van der Waals surface area contributed by atoms with Crippen molar-refractivity contribution >= 4 is 11.7 Å². The smallest absolute Gasteiger partial charge is 0.321 e. The van der Waals surface area contributed by atoms with Gasteiger partial charge in [0.1, 0.15) is 0 Å². The van der Waals surface area contributed by atoms with Crippen LogP contribution in [-0.4, -0.2) is 51.5 Å². The summed E-state index contributed by atoms with van der Waals surface area (Å²) in [4.78, 5) is 13.9. The zero-order valence-electron chi connectivity index (χ0n) is 14.1. The van der Waals surface area contributed by atoms with Crippen LogP contribution in [0.1, 0.15) is 25.7 Å². The fraction of sp³-hybridized carbons (Fsp3) is 0.588. The van der Waals surface area contributed by atoms with E-state index in [1.54, 1.807) is 44.4 Å². The molecule has 128 valence electrons. The van der Waals surface area contributed by atoms with Gasteiger partial charge in [0.2, 0.25) is 0 Å². The molecule has 0 aliphatic carbocycles. The largest absolute Gasteiger partial charge is 0.493 e. The van der Waals surface area contributed by atoms with Gasteiger partial charge in [-0.1, -0.05) is 0 Å². The molecule has 0 spiro atoms. The lowest BCUT2D eigenvalue weighted by molar-refractivity contribution is 0.101. The predicted octanol–water partition coefficient (Wildman–Crippen LogP) is 3.13. The lowest BCUT2D eigenvalue weighted by Gasteiger charge is -2.19. The second-order valence-electron chi connectivity index (χ2n) is 5.70. The van der Waals surface area contributed by atoms with Gasteiger partial charge in [-0.05, 0) is 37.8 Å². The predicted molar refractivity (Wildman–Crippen MR) is 89.4 cm³/mol. The van der Waals surface area contributed by atoms with Gasteiger partial charge in [0.05, 0.1) is 20.3 Å². The fourth-order valence-corrected chi connectivity index (χ4v) is 2.66. The second kappa shape index (κ2) is 8.62. The van der Waals surface area contributed by atoms with Crippen molar-refractivity contribution in [3.05, 3.63) is 18.2 Å². The molecule has 6 nitrogen and oxygen atoms in total. The molecule has 1 aliphatic heterocycles. The first-order valence-electron chi connectivity index (χ1n) is 7.99. The van der Waals surface area contributed by atoms with Crippen LogP contribution < -0.4 is 14.8 Å². The maximum absolute atomic E-state index is 12.2. The molecular formula is C17H26N2O4. The van der Waals surface area contributed by atoms with E-state index in [1.807, 2.05) is 0 Å². The van der Waals surface area contributed by atoms with Crippen LogP contribution in [0.4, 0.5) is 10.5 Å². The quantitative estimate of drug-likeness (QED) is 0.838. The standard InChI is InChI=1S/C17H26N2O4/c1-19(10-4-6-14-7-5-11-23-14)17(20)18-13-8-9-15(21-2)16(12-13)22-3/h8-9,12,14H,4-7,10-11H2,1-3H3,(H,18,20)/t14-/m0/s1. The molecule has 2 rings (SSSR count). The summed E-state index contributed by atoms with van der Waals surface area (Å²) in [6.45, 7) is 1.58. The Morgan fingerprint density at radius 2 is 2.13 bits per heavy atom. The summed E-state index contributed by atoms with van der Waals surface area (Å²) in [6, 6.07) is 5.17. The van der Waals surface area contributed by atoms with Crippen LogP contribution in [0.3, 0.4) is 0 Å². The van der Waals surface area contributed by atoms with Gasteiger partial charge < -0.3 is 24.4 Å². The van der Waals surface area contributed by atoms with Crippen molar-refractivity contribution < 1.29 is 19.0 Å². The van der Waals surface area contributed by atoms with Gasteiger partial charge in [-0.15, -0.1) is 0 Å². The Hall–Kier alpha value is -1.95. The van der Waals surface area contributed by atoms with Gasteiger partial charge in [-0.25, -0.2) is 4.79 Å². The van der Waals surface area contributed by atoms with E-state index in [1.165, 1.54) is 0 Å². The molecule has 1 fully saturated rings. The minimum absolute atomic E-state index is 0.135. The molecular weight excluding hydrogens is 296 g/mol. The van der Waals surface area contributed by atoms with Crippen molar-refractivity contribution in [1.29, 1.82) is 0 Å². The Morgan fingerprint density at radius 1 is 1.35 bits per heavy atom. The number of rotatable bonds is 7. The molecule has 0 aromatic heterocycles. The van der Waals surface area contributed by atoms with E-state index < -0.39 is 0 Å². The molecule has 1 saturated heterocycles. The van der Waals surface area contributed by atoms with Crippen LogP contribution in [0.5, 0.6) is 11.5 Å². The monoisotopic (exact) mass is 322 g/mol. The summed E-state index contributed by atoms with van der Waals surface area (Å²) in [7, 11) is 4.95. The summed E-state index contributed by atoms with van der Waals surface area (Å²) in [5.41, 5.74) is 0.679. The van der Waals surface area contributed by atoms with Gasteiger partial charge in [0.25, 0.3) is 0 Å². The van der Waals surface area contributed by atoms with E-state index in [2.05, 4.69) is 5.32 Å². The number of benzene rings is 1. The molecule has 0 unspecified atom stereocenters. The SMILES string of the molecule is COc1ccc(NC(=O)N(C)CCC[C@H]2CCCO2)cc1OC. The number of urea groups is 1. The summed E-state index contributed by atoms with van der Waals surface area (Å²) < 4.78 is 16.0. The van der Waals surface area contributed by atoms with E-state index in [0.29, 0.717) is 29.8 Å². The molecule has 1 aliphatic rings. The normalized spacial score (nSPS) is 16.9. The molecule has 1 N–H and O–H groups in total. The molecule has 0 saturated carbocycles. The summed E-state index contributed by atoms with van der Waals surface area (Å²) in [5.74, 6) is 1.22. The molecule has 6 heteroatoms. The third kappa shape index (κ3) is 5.03. The number of carbonyl (C=O) groups excluding carboxylic acids is 1. The number of hydrogen-bond acceptors (Lipinski definition) is 4. The number of carbonyl (C=O) groups is 1. The minimum atomic E-state index is -0.135. The lowest BCUT2D eigenvalue weighted by Crippen LogP contribution is -2.32. The highest BCUT2D eigenvalue weighted by molar-refractivity contribution is 5.89. The van der Waals surface area contributed by atoms with E-state index in [9.17, 15) is 4.79 Å². The Balaban J connectivity index is 1.80. The van der Waals surface area contributed by atoms with Crippen molar-refractivity contribution in [3.8, 4) is 11.5 Å². The minimum Gasteiger partial charge on any atom is -0.493 e. The van der Waals surface area contributed by atoms with Gasteiger partial charge in [-0.2, -0.15) is 0 Å². The summed E-state index contributed by atoms with van der Waals surface area (Å²) >= 11 is 0. The van der Waals surface area contributed by atoms with Crippen LogP contribution in [0.15, 0.2) is 18.2 Å². The van der Waals surface area contributed by atoms with E-state index in [4.69, 9.17) is 14.2 Å². The number of hydrogen-bond donors (Lipinski definition) is 1. The van der Waals surface area contributed by atoms with Gasteiger partial charge in [0, 0.05) is 32.0 Å². The van der Waals surface area contributed by atoms with Crippen LogP contribution in [0.25, 0.3) is 0 Å². The average Bonchev–Trinajstić information content (AvgIpc) is 3.07. The molecule has 1 atom stereocenters. The Morgan fingerprint density at radius 3 is 2.78 bits per heavy atom. The topological polar surface area (TPSA) is 60.0 Å². The fourth-order valence-electron chi connectivity index (χ4n) is 2.66. The third-order valence-electron chi connectivity index (χ3n) is 4.03. The zero-order valence-corrected chi connectivity index (χ0v) is 14.1. The highest BCUT2D eigenvalue weighted by Crippen LogP contribution is 2.29. The van der Waals surface area contributed by atoms with Crippen molar-refractivity contribution in [2.75, 3.05) is 39.7 Å². The Labute approximate surface area is 137 Å². The van der Waals surface area contributed by atoms with E-state index >= 15 is 0 Å². The Bertz CT molecular complexity index is 515. The van der Waals surface area contributed by atoms with Gasteiger partial charge in [0.15, 0.2) is 11.5 Å². The lowest BCUT2D eigenvalue weighted by atomic mass is 10.1. The van der Waals surface area contributed by atoms with Crippen molar-refractivity contribution in [3.63, 3.8) is 0 Å². The molecule has 1 heterocycles. The van der Waals surface area contributed by atoms with Crippen LogP contribution in [-0.2, 0) is 4.74 Å². The molecule has 1 aromatic carbocycles. The number of methoxy groups -OCH3 is 2. The van der Waals surface area contributed by atoms with Crippen LogP contribution in [0, 0.1) is 0 Å². The Kier molecular flexibility index (Phi) is 6.52. The van der Waals surface area contributed by atoms with Crippen molar-refractivity contribution in [1.82, 2.24) is 4.90 Å². The number of nitrogens with zero attached hydrogens (tertiary/aromatic N) is 1. The maximum atomic E-state index is 12.2. The number of ether oxygens (including phenoxy) is 3. The molecule has 1 aromatic rings. The first kappa shape index (κ1) is 17.4. The first-order chi connectivity index (χ1) is 11.1. The zero-order chi connectivity index (χ0) is 16.7. The number of nitrogens with one attached hydrogen (secondary N) is 1. The number of amides is 2. The highest BCUT2D eigenvalue weighted by atomic mass is 16.5. The third-order valence-corrected chi connectivity index (χ3v) is 4.03. The van der Waals surface area contributed by atoms with Crippen molar-refractivity contribution in [2.45, 2.75) is 31.8 Å². The molecule has 2 amide bonds. The first-order valence-corrected chi connectivity index (χ1v) is 7.99. The molecule has 0 bridgehead atoms. The average molecular weight is 322 g/mol. The van der Waals surface area contributed by atoms with Gasteiger partial charge >= 0.3 is 6.03 Å². The van der Waals surface area contributed by atoms with Crippen LogP contribution >= 0.6 is 0 Å². The van der Waals surface area contributed by atoms with E-state index in [-0.39, 0.29) is 6.03 Å². The van der Waals surface area contributed by atoms with Gasteiger partial charge in [-0.3, -0.25) is 0 Å². The summed E-state index contributed by atoms with van der Waals surface area (Å²) in [5, 5.41) is 2.87. The van der Waals surface area contributed by atoms with E-state index in [0.717, 1.165) is 32.3 Å². The van der Waals surface area contributed by atoms with Crippen LogP contribution in [0.2, 0.25) is 0 Å². The highest BCUT2D eigenvalue weighted by Gasteiger charge is 2.16. The second-order valence-corrected chi connectivity index (χ2v) is 5.70. The maximum Gasteiger partial charge on any atom is 0.321 e. The number of anilines is 1. The van der Waals surface area contributed by atoms with Crippen molar-refractivity contribution in [2.24, 2.45) is 0 Å². The molecule has 23 heavy (non-hydrogen) atoms. The molecule has 0 radical (unpaired) electrons. The summed E-state index contributed by atoms with van der Waals surface area (Å²) in [6.07, 6.45) is 4.62.